The summed E-state index contributed by atoms with van der Waals surface area (Å²) in [5, 5.41) is 8.50. The number of benzene rings is 1. The van der Waals surface area contributed by atoms with Gasteiger partial charge in [-0.05, 0) is 63.5 Å². The molecule has 0 unspecified atom stereocenters. The number of aromatic nitrogens is 2. The summed E-state index contributed by atoms with van der Waals surface area (Å²) < 4.78 is 2.07. The molecule has 2 amide bonds. The average Bonchev–Trinajstić information content (AvgIpc) is 3.21. The molecule has 3 aliphatic rings. The predicted molar refractivity (Wildman–Crippen MR) is 125 cm³/mol. The van der Waals surface area contributed by atoms with E-state index in [1.165, 1.54) is 62.6 Å². The molecule has 1 aromatic heterocycles. The highest BCUT2D eigenvalue weighted by molar-refractivity contribution is 5.93. The number of hydrogen-bond donors (Lipinski definition) is 1. The molecule has 0 spiro atoms. The lowest BCUT2D eigenvalue weighted by atomic mass is 9.92. The first-order valence-electron chi connectivity index (χ1n) is 12.6. The van der Waals surface area contributed by atoms with Crippen LogP contribution >= 0.6 is 0 Å². The van der Waals surface area contributed by atoms with Crippen LogP contribution in [-0.4, -0.2) is 27.9 Å². The second-order valence-corrected chi connectivity index (χ2v) is 9.65. The van der Waals surface area contributed by atoms with Crippen LogP contribution in [0.25, 0.3) is 5.69 Å². The third kappa shape index (κ3) is 4.37. The number of hydrogen-bond acceptors (Lipinski definition) is 2. The topological polar surface area (TPSA) is 50.2 Å². The van der Waals surface area contributed by atoms with Gasteiger partial charge < -0.3 is 5.32 Å². The largest absolute Gasteiger partial charge is 0.335 e. The molecule has 166 valence electrons. The quantitative estimate of drug-likeness (QED) is 0.666. The van der Waals surface area contributed by atoms with Crippen molar-refractivity contribution in [3.05, 3.63) is 41.6 Å². The van der Waals surface area contributed by atoms with Gasteiger partial charge in [0.1, 0.15) is 5.82 Å². The highest BCUT2D eigenvalue weighted by atomic mass is 16.2. The van der Waals surface area contributed by atoms with Crippen molar-refractivity contribution in [1.82, 2.24) is 15.1 Å². The molecule has 2 fully saturated rings. The Morgan fingerprint density at radius 2 is 1.55 bits per heavy atom. The van der Waals surface area contributed by atoms with Gasteiger partial charge in [-0.25, -0.2) is 9.48 Å². The zero-order valence-corrected chi connectivity index (χ0v) is 18.7. The maximum Gasteiger partial charge on any atom is 0.323 e. The van der Waals surface area contributed by atoms with E-state index in [-0.39, 0.29) is 12.1 Å². The minimum atomic E-state index is 0.101. The summed E-state index contributed by atoms with van der Waals surface area (Å²) in [5.41, 5.74) is 3.55. The molecule has 1 N–H and O–H groups in total. The number of amides is 2. The third-order valence-corrected chi connectivity index (χ3v) is 7.45. The van der Waals surface area contributed by atoms with Crippen molar-refractivity contribution < 1.29 is 4.79 Å². The van der Waals surface area contributed by atoms with E-state index in [0.29, 0.717) is 6.04 Å². The second-order valence-electron chi connectivity index (χ2n) is 9.65. The first-order chi connectivity index (χ1) is 15.3. The molecule has 2 saturated carbocycles. The predicted octanol–water partition coefficient (Wildman–Crippen LogP) is 5.93. The summed E-state index contributed by atoms with van der Waals surface area (Å²) in [4.78, 5) is 16.0. The van der Waals surface area contributed by atoms with Crippen molar-refractivity contribution in [1.29, 1.82) is 0 Å². The van der Waals surface area contributed by atoms with Gasteiger partial charge in [0.05, 0.1) is 11.4 Å². The standard InChI is InChI=1S/C26H36N4O/c31-26(27-20-12-4-1-5-13-20)29(21-14-6-2-7-15-21)25-23-18-10-11-19-24(23)28-30(25)22-16-8-3-9-17-22/h3,8-9,16-17,20-21H,1-2,4-7,10-15,18-19H2,(H,27,31). The van der Waals surface area contributed by atoms with Gasteiger partial charge >= 0.3 is 6.03 Å². The lowest BCUT2D eigenvalue weighted by Gasteiger charge is -2.37. The fraction of sp³-hybridized carbons (Fsp3) is 0.615. The number of nitrogens with one attached hydrogen (secondary N) is 1. The van der Waals surface area contributed by atoms with E-state index in [1.807, 2.05) is 6.07 Å². The Morgan fingerprint density at radius 3 is 2.29 bits per heavy atom. The van der Waals surface area contributed by atoms with E-state index in [1.54, 1.807) is 0 Å². The number of aryl methyl sites for hydroxylation is 1. The Bertz CT molecular complexity index is 878. The molecule has 0 atom stereocenters. The summed E-state index contributed by atoms with van der Waals surface area (Å²) in [6.07, 6.45) is 16.3. The lowest BCUT2D eigenvalue weighted by molar-refractivity contribution is 0.232. The van der Waals surface area contributed by atoms with Crippen molar-refractivity contribution >= 4 is 11.8 Å². The maximum absolute atomic E-state index is 13.9. The number of fused-ring (bicyclic) bond motifs is 1. The van der Waals surface area contributed by atoms with Gasteiger partial charge in [-0.15, -0.1) is 0 Å². The minimum absolute atomic E-state index is 0.101. The highest BCUT2D eigenvalue weighted by Gasteiger charge is 2.35. The first-order valence-corrected chi connectivity index (χ1v) is 12.6. The molecule has 0 saturated heterocycles. The number of para-hydroxylation sites is 1. The van der Waals surface area contributed by atoms with Crippen molar-refractivity contribution in [2.24, 2.45) is 0 Å². The summed E-state index contributed by atoms with van der Waals surface area (Å²) in [5.74, 6) is 1.04. The fourth-order valence-electron chi connectivity index (χ4n) is 5.80. The van der Waals surface area contributed by atoms with E-state index in [2.05, 4.69) is 39.2 Å². The number of carbonyl (C=O) groups excluding carboxylic acids is 1. The van der Waals surface area contributed by atoms with Gasteiger partial charge in [0.25, 0.3) is 0 Å². The molecular formula is C26H36N4O. The SMILES string of the molecule is O=C(NC1CCCCC1)N(c1c2c(nn1-c1ccccc1)CCCC2)C1CCCCC1. The van der Waals surface area contributed by atoms with Crippen LogP contribution in [0.5, 0.6) is 0 Å². The van der Waals surface area contributed by atoms with Gasteiger partial charge in [0, 0.05) is 17.6 Å². The maximum atomic E-state index is 13.9. The average molecular weight is 421 g/mol. The Hall–Kier alpha value is -2.30. The number of carbonyl (C=O) groups is 1. The Morgan fingerprint density at radius 1 is 0.871 bits per heavy atom. The highest BCUT2D eigenvalue weighted by Crippen LogP contribution is 2.36. The summed E-state index contributed by atoms with van der Waals surface area (Å²) in [6, 6.07) is 11.1. The lowest BCUT2D eigenvalue weighted by Crippen LogP contribution is -2.51. The van der Waals surface area contributed by atoms with Crippen molar-refractivity contribution in [2.45, 2.75) is 102 Å². The summed E-state index contributed by atoms with van der Waals surface area (Å²) in [6.45, 7) is 0. The third-order valence-electron chi connectivity index (χ3n) is 7.45. The number of urea groups is 1. The molecule has 0 radical (unpaired) electrons. The molecule has 3 aliphatic carbocycles. The van der Waals surface area contributed by atoms with E-state index in [4.69, 9.17) is 5.10 Å². The van der Waals surface area contributed by atoms with Crippen LogP contribution in [-0.2, 0) is 12.8 Å². The molecule has 2 aromatic rings. The first kappa shape index (κ1) is 20.6. The van der Waals surface area contributed by atoms with Gasteiger partial charge in [-0.3, -0.25) is 4.90 Å². The molecule has 1 heterocycles. The van der Waals surface area contributed by atoms with Crippen LogP contribution in [0, 0.1) is 0 Å². The summed E-state index contributed by atoms with van der Waals surface area (Å²) >= 11 is 0. The van der Waals surface area contributed by atoms with Crippen molar-refractivity contribution in [3.8, 4) is 5.69 Å². The van der Waals surface area contributed by atoms with E-state index in [9.17, 15) is 4.79 Å². The van der Waals surface area contributed by atoms with Crippen LogP contribution in [0.2, 0.25) is 0 Å². The zero-order chi connectivity index (χ0) is 21.0. The molecule has 1 aromatic carbocycles. The second kappa shape index (κ2) is 9.46. The zero-order valence-electron chi connectivity index (χ0n) is 18.7. The molecular weight excluding hydrogens is 384 g/mol. The van der Waals surface area contributed by atoms with E-state index >= 15 is 0 Å². The Labute approximate surface area is 186 Å². The van der Waals surface area contributed by atoms with Crippen LogP contribution in [0.3, 0.4) is 0 Å². The van der Waals surface area contributed by atoms with Crippen LogP contribution in [0.15, 0.2) is 30.3 Å². The Kier molecular flexibility index (Phi) is 6.28. The molecule has 5 nitrogen and oxygen atoms in total. The minimum Gasteiger partial charge on any atom is -0.335 e. The monoisotopic (exact) mass is 420 g/mol. The van der Waals surface area contributed by atoms with Crippen LogP contribution < -0.4 is 10.2 Å². The Balaban J connectivity index is 1.56. The van der Waals surface area contributed by atoms with E-state index < -0.39 is 0 Å². The van der Waals surface area contributed by atoms with Gasteiger partial charge in [-0.2, -0.15) is 5.10 Å². The molecule has 5 rings (SSSR count). The number of anilines is 1. The van der Waals surface area contributed by atoms with Gasteiger partial charge in [0.2, 0.25) is 0 Å². The van der Waals surface area contributed by atoms with Gasteiger partial charge in [-0.1, -0.05) is 56.7 Å². The molecule has 5 heteroatoms. The van der Waals surface area contributed by atoms with Crippen LogP contribution in [0.4, 0.5) is 10.6 Å². The fourth-order valence-corrected chi connectivity index (χ4v) is 5.80. The molecule has 31 heavy (non-hydrogen) atoms. The normalized spacial score (nSPS) is 20.3. The molecule has 0 bridgehead atoms. The smallest absolute Gasteiger partial charge is 0.323 e. The van der Waals surface area contributed by atoms with Crippen molar-refractivity contribution in [3.63, 3.8) is 0 Å². The number of rotatable bonds is 4. The summed E-state index contributed by atoms with van der Waals surface area (Å²) in [7, 11) is 0. The molecule has 0 aliphatic heterocycles. The van der Waals surface area contributed by atoms with Crippen molar-refractivity contribution in [2.75, 3.05) is 4.90 Å². The number of nitrogens with zero attached hydrogens (tertiary/aromatic N) is 3. The van der Waals surface area contributed by atoms with E-state index in [0.717, 1.165) is 50.0 Å². The van der Waals surface area contributed by atoms with Crippen LogP contribution in [0.1, 0.15) is 88.3 Å². The van der Waals surface area contributed by atoms with Gasteiger partial charge in [0.15, 0.2) is 0 Å².